The van der Waals surface area contributed by atoms with Crippen molar-refractivity contribution in [2.75, 3.05) is 18.4 Å². The number of benzene rings is 1. The van der Waals surface area contributed by atoms with Crippen molar-refractivity contribution < 1.29 is 4.79 Å². The first-order chi connectivity index (χ1) is 8.71. The summed E-state index contributed by atoms with van der Waals surface area (Å²) in [5, 5.41) is 23.3. The quantitative estimate of drug-likeness (QED) is 0.816. The van der Waals surface area contributed by atoms with E-state index in [1.54, 1.807) is 18.2 Å². The molecule has 0 radical (unpaired) electrons. The minimum Gasteiger partial charge on any atom is -0.376 e. The standard InChI is InChI=1S/C13H14N4O/c1-2-5-16-13(18)9-17-12-4-3-10(7-14)11(6-12)8-15/h3-4,6,17H,2,5,9H2,1H3,(H,16,18). The van der Waals surface area contributed by atoms with Crippen LogP contribution in [0.1, 0.15) is 24.5 Å². The van der Waals surface area contributed by atoms with E-state index in [1.165, 1.54) is 0 Å². The largest absolute Gasteiger partial charge is 0.376 e. The molecule has 0 saturated heterocycles. The number of nitriles is 2. The van der Waals surface area contributed by atoms with Crippen molar-refractivity contribution in [3.05, 3.63) is 29.3 Å². The highest BCUT2D eigenvalue weighted by Gasteiger charge is 2.04. The third-order valence-electron chi connectivity index (χ3n) is 2.29. The molecule has 5 heteroatoms. The number of rotatable bonds is 5. The maximum absolute atomic E-state index is 11.4. The summed E-state index contributed by atoms with van der Waals surface area (Å²) in [6.07, 6.45) is 0.890. The normalized spacial score (nSPS) is 9.06. The van der Waals surface area contributed by atoms with Gasteiger partial charge in [0.05, 0.1) is 17.7 Å². The van der Waals surface area contributed by atoms with E-state index in [1.807, 2.05) is 19.1 Å². The highest BCUT2D eigenvalue weighted by Crippen LogP contribution is 2.14. The molecule has 0 heterocycles. The van der Waals surface area contributed by atoms with E-state index in [-0.39, 0.29) is 12.5 Å². The highest BCUT2D eigenvalue weighted by molar-refractivity contribution is 5.80. The predicted molar refractivity (Wildman–Crippen MR) is 67.7 cm³/mol. The molecule has 5 nitrogen and oxygen atoms in total. The molecule has 0 saturated carbocycles. The number of hydrogen-bond donors (Lipinski definition) is 2. The topological polar surface area (TPSA) is 88.7 Å². The summed E-state index contributed by atoms with van der Waals surface area (Å²) in [7, 11) is 0. The molecule has 1 aromatic rings. The van der Waals surface area contributed by atoms with Crippen molar-refractivity contribution in [3.63, 3.8) is 0 Å². The minimum atomic E-state index is -0.0975. The van der Waals surface area contributed by atoms with E-state index in [4.69, 9.17) is 10.5 Å². The van der Waals surface area contributed by atoms with Crippen molar-refractivity contribution >= 4 is 11.6 Å². The monoisotopic (exact) mass is 242 g/mol. The van der Waals surface area contributed by atoms with Gasteiger partial charge in [-0.3, -0.25) is 4.79 Å². The van der Waals surface area contributed by atoms with Gasteiger partial charge in [0.15, 0.2) is 0 Å². The molecule has 1 rings (SSSR count). The van der Waals surface area contributed by atoms with Gasteiger partial charge >= 0.3 is 0 Å². The first-order valence-electron chi connectivity index (χ1n) is 5.66. The Hall–Kier alpha value is -2.53. The number of nitrogens with zero attached hydrogens (tertiary/aromatic N) is 2. The van der Waals surface area contributed by atoms with Gasteiger partial charge in [0.2, 0.25) is 5.91 Å². The van der Waals surface area contributed by atoms with Crippen LogP contribution in [-0.2, 0) is 4.79 Å². The number of hydrogen-bond acceptors (Lipinski definition) is 4. The van der Waals surface area contributed by atoms with Crippen molar-refractivity contribution in [2.45, 2.75) is 13.3 Å². The zero-order chi connectivity index (χ0) is 13.4. The van der Waals surface area contributed by atoms with Crippen LogP contribution in [0.5, 0.6) is 0 Å². The van der Waals surface area contributed by atoms with E-state index in [0.29, 0.717) is 23.4 Å². The van der Waals surface area contributed by atoms with Gasteiger partial charge in [-0.15, -0.1) is 0 Å². The maximum Gasteiger partial charge on any atom is 0.239 e. The molecule has 1 amide bonds. The first kappa shape index (κ1) is 13.5. The van der Waals surface area contributed by atoms with E-state index < -0.39 is 0 Å². The van der Waals surface area contributed by atoms with Crippen LogP contribution in [0, 0.1) is 22.7 Å². The minimum absolute atomic E-state index is 0.0975. The van der Waals surface area contributed by atoms with Gasteiger partial charge in [0, 0.05) is 12.2 Å². The van der Waals surface area contributed by atoms with Gasteiger partial charge < -0.3 is 10.6 Å². The smallest absolute Gasteiger partial charge is 0.239 e. The summed E-state index contributed by atoms with van der Waals surface area (Å²) in [6, 6.07) is 8.68. The van der Waals surface area contributed by atoms with Gasteiger partial charge in [-0.05, 0) is 24.6 Å². The van der Waals surface area contributed by atoms with Gasteiger partial charge in [-0.1, -0.05) is 6.92 Å². The maximum atomic E-state index is 11.4. The zero-order valence-corrected chi connectivity index (χ0v) is 10.2. The van der Waals surface area contributed by atoms with Gasteiger partial charge in [-0.2, -0.15) is 10.5 Å². The van der Waals surface area contributed by atoms with Crippen molar-refractivity contribution in [1.29, 1.82) is 10.5 Å². The molecule has 0 unspecified atom stereocenters. The summed E-state index contributed by atoms with van der Waals surface area (Å²) in [5.41, 5.74) is 1.28. The lowest BCUT2D eigenvalue weighted by molar-refractivity contribution is -0.119. The molecule has 0 aliphatic heterocycles. The lowest BCUT2D eigenvalue weighted by Crippen LogP contribution is -2.30. The second-order valence-electron chi connectivity index (χ2n) is 3.69. The fraction of sp³-hybridized carbons (Fsp3) is 0.308. The van der Waals surface area contributed by atoms with Crippen LogP contribution in [0.2, 0.25) is 0 Å². The fourth-order valence-electron chi connectivity index (χ4n) is 1.35. The van der Waals surface area contributed by atoms with E-state index in [2.05, 4.69) is 10.6 Å². The molecule has 0 atom stereocenters. The molecule has 0 aliphatic rings. The number of amides is 1. The Kier molecular flexibility index (Phi) is 5.21. The summed E-state index contributed by atoms with van der Waals surface area (Å²) in [4.78, 5) is 11.4. The lowest BCUT2D eigenvalue weighted by Gasteiger charge is -2.07. The van der Waals surface area contributed by atoms with Crippen LogP contribution in [0.3, 0.4) is 0 Å². The van der Waals surface area contributed by atoms with Gasteiger partial charge in [0.1, 0.15) is 12.1 Å². The van der Waals surface area contributed by atoms with Crippen molar-refractivity contribution in [3.8, 4) is 12.1 Å². The Morgan fingerprint density at radius 2 is 2.00 bits per heavy atom. The fourth-order valence-corrected chi connectivity index (χ4v) is 1.35. The molecular weight excluding hydrogens is 228 g/mol. The Bertz CT molecular complexity index is 511. The average Bonchev–Trinajstić information content (AvgIpc) is 2.42. The predicted octanol–water partition coefficient (Wildman–Crippen LogP) is 1.37. The van der Waals surface area contributed by atoms with Crippen molar-refractivity contribution in [2.24, 2.45) is 0 Å². The Morgan fingerprint density at radius 1 is 1.28 bits per heavy atom. The molecule has 0 fully saturated rings. The molecule has 0 aliphatic carbocycles. The SMILES string of the molecule is CCCNC(=O)CNc1ccc(C#N)c(C#N)c1. The second-order valence-corrected chi connectivity index (χ2v) is 3.69. The molecular formula is C13H14N4O. The van der Waals surface area contributed by atoms with Crippen LogP contribution in [0.25, 0.3) is 0 Å². The molecule has 0 aromatic heterocycles. The Labute approximate surface area is 106 Å². The molecule has 0 spiro atoms. The molecule has 18 heavy (non-hydrogen) atoms. The lowest BCUT2D eigenvalue weighted by atomic mass is 10.1. The number of anilines is 1. The Morgan fingerprint density at radius 3 is 2.61 bits per heavy atom. The number of nitrogens with one attached hydrogen (secondary N) is 2. The van der Waals surface area contributed by atoms with Gasteiger partial charge in [-0.25, -0.2) is 0 Å². The Balaban J connectivity index is 2.62. The van der Waals surface area contributed by atoms with Crippen LogP contribution >= 0.6 is 0 Å². The summed E-state index contributed by atoms with van der Waals surface area (Å²) in [5.74, 6) is -0.0975. The molecule has 2 N–H and O–H groups in total. The third kappa shape index (κ3) is 3.80. The average molecular weight is 242 g/mol. The zero-order valence-electron chi connectivity index (χ0n) is 10.2. The number of carbonyl (C=O) groups is 1. The number of carbonyl (C=O) groups excluding carboxylic acids is 1. The summed E-state index contributed by atoms with van der Waals surface area (Å²) >= 11 is 0. The molecule has 92 valence electrons. The highest BCUT2D eigenvalue weighted by atomic mass is 16.1. The van der Waals surface area contributed by atoms with E-state index in [9.17, 15) is 4.79 Å². The second kappa shape index (κ2) is 6.93. The third-order valence-corrected chi connectivity index (χ3v) is 2.29. The van der Waals surface area contributed by atoms with Crippen LogP contribution < -0.4 is 10.6 Å². The van der Waals surface area contributed by atoms with Crippen LogP contribution in [0.4, 0.5) is 5.69 Å². The first-order valence-corrected chi connectivity index (χ1v) is 5.66. The van der Waals surface area contributed by atoms with E-state index >= 15 is 0 Å². The summed E-state index contributed by atoms with van der Waals surface area (Å²) in [6.45, 7) is 2.78. The van der Waals surface area contributed by atoms with Crippen LogP contribution in [-0.4, -0.2) is 19.0 Å². The summed E-state index contributed by atoms with van der Waals surface area (Å²) < 4.78 is 0. The van der Waals surface area contributed by atoms with Crippen molar-refractivity contribution in [1.82, 2.24) is 5.32 Å². The van der Waals surface area contributed by atoms with Crippen LogP contribution in [0.15, 0.2) is 18.2 Å². The molecule has 1 aromatic carbocycles. The van der Waals surface area contributed by atoms with E-state index in [0.717, 1.165) is 6.42 Å². The van der Waals surface area contributed by atoms with Gasteiger partial charge in [0.25, 0.3) is 0 Å². The molecule has 0 bridgehead atoms.